The predicted molar refractivity (Wildman–Crippen MR) is 0 cm³/mol. The van der Waals surface area contributed by atoms with Crippen LogP contribution in [0.2, 0.25) is 0 Å². The molecule has 0 bridgehead atoms. The van der Waals surface area contributed by atoms with Crippen molar-refractivity contribution in [1.82, 2.24) is 0 Å². The second kappa shape index (κ2) is 24.4. The zero-order valence-electron chi connectivity index (χ0n) is 1.49. The van der Waals surface area contributed by atoms with Crippen LogP contribution in [0, 0.1) is 0 Å². The molecular weight excluding hydrogens is 297 g/mol. The summed E-state index contributed by atoms with van der Waals surface area (Å²) in [6.07, 6.45) is 0. The Hall–Kier alpha value is 1.51. The van der Waals surface area contributed by atoms with Gasteiger partial charge in [0.15, 0.2) is 0 Å². The van der Waals surface area contributed by atoms with Crippen LogP contribution in [0.4, 0.5) is 0 Å². The third-order valence-electron chi connectivity index (χ3n) is 0. The average Bonchev–Trinajstić information content (AvgIpc) is 0. The minimum Gasteiger partial charge on any atom is -1.00 e. The van der Waals surface area contributed by atoms with Gasteiger partial charge in [-0.05, 0) is 0 Å². The zero-order valence-corrected chi connectivity index (χ0v) is 6.30. The van der Waals surface area contributed by atoms with E-state index in [4.69, 9.17) is 0 Å². The molecule has 0 aliphatic rings. The summed E-state index contributed by atoms with van der Waals surface area (Å²) in [4.78, 5) is 0. The van der Waals surface area contributed by atoms with Crippen LogP contribution in [-0.4, -0.2) is 0 Å². The van der Waals surface area contributed by atoms with Gasteiger partial charge in [-0.1, -0.05) is 0 Å². The topological polar surface area (TPSA) is 0 Å². The van der Waals surface area contributed by atoms with E-state index in [2.05, 4.69) is 0 Å². The van der Waals surface area contributed by atoms with Gasteiger partial charge >= 0.3 is 19.8 Å². The third-order valence-corrected chi connectivity index (χ3v) is 0. The van der Waals surface area contributed by atoms with E-state index in [-0.39, 0.29) is 57.0 Å². The SMILES string of the molecule is [Cl-].[Cl-].[Cl-].[Os+2]. The van der Waals surface area contributed by atoms with Gasteiger partial charge in [0.05, 0.1) is 0 Å². The molecule has 0 aromatic heterocycles. The van der Waals surface area contributed by atoms with Crippen LogP contribution in [0.5, 0.6) is 0 Å². The van der Waals surface area contributed by atoms with Gasteiger partial charge in [-0.25, -0.2) is 0 Å². The number of hydrogen-bond donors (Lipinski definition) is 0. The van der Waals surface area contributed by atoms with E-state index in [1.165, 1.54) is 0 Å². The molecule has 30 valence electrons. The standard InChI is InChI=1S/3ClH.Os/h3*1H;/q;;;+2/p-3. The van der Waals surface area contributed by atoms with Gasteiger partial charge < -0.3 is 37.2 Å². The summed E-state index contributed by atoms with van der Waals surface area (Å²) in [6, 6.07) is 0. The minimum atomic E-state index is 0. The Kier molecular flexibility index (Phi) is 301. The van der Waals surface area contributed by atoms with Crippen molar-refractivity contribution in [2.45, 2.75) is 0 Å². The number of hydrogen-bond acceptors (Lipinski definition) is 0. The van der Waals surface area contributed by atoms with Crippen LogP contribution in [0.3, 0.4) is 0 Å². The number of rotatable bonds is 0. The van der Waals surface area contributed by atoms with Crippen LogP contribution in [-0.2, 0) is 19.8 Å². The molecule has 0 radical (unpaired) electrons. The molecule has 0 aromatic rings. The largest absolute Gasteiger partial charge is 2.00 e. The van der Waals surface area contributed by atoms with Gasteiger partial charge in [-0.2, -0.15) is 0 Å². The molecule has 0 amide bonds. The van der Waals surface area contributed by atoms with Gasteiger partial charge in [-0.3, -0.25) is 0 Å². The second-order valence-electron chi connectivity index (χ2n) is 0. The van der Waals surface area contributed by atoms with Crippen molar-refractivity contribution in [3.05, 3.63) is 0 Å². The Bertz CT molecular complexity index is 3.25. The van der Waals surface area contributed by atoms with Gasteiger partial charge in [0.1, 0.15) is 0 Å². The van der Waals surface area contributed by atoms with Crippen LogP contribution >= 0.6 is 0 Å². The molecule has 0 aliphatic carbocycles. The maximum Gasteiger partial charge on any atom is 2.00 e. The van der Waals surface area contributed by atoms with Crippen LogP contribution in [0.15, 0.2) is 0 Å². The molecule has 0 fully saturated rings. The molecule has 0 atom stereocenters. The Morgan fingerprint density at radius 3 is 0.500 bits per heavy atom. The number of halogens is 3. The Morgan fingerprint density at radius 1 is 0.500 bits per heavy atom. The molecule has 0 rings (SSSR count). The predicted octanol–water partition coefficient (Wildman–Crippen LogP) is -8.99. The zero-order chi connectivity index (χ0) is 0. The molecular formula is Cl3Os-. The quantitative estimate of drug-likeness (QED) is 0.417. The molecule has 0 N–H and O–H groups in total. The van der Waals surface area contributed by atoms with Crippen molar-refractivity contribution in [3.8, 4) is 0 Å². The van der Waals surface area contributed by atoms with E-state index in [1.807, 2.05) is 0 Å². The third kappa shape index (κ3) is 9.71. The molecule has 0 aliphatic heterocycles. The van der Waals surface area contributed by atoms with Crippen molar-refractivity contribution < 1.29 is 57.0 Å². The van der Waals surface area contributed by atoms with E-state index < -0.39 is 0 Å². The molecule has 0 saturated heterocycles. The molecule has 0 aromatic carbocycles. The van der Waals surface area contributed by atoms with Crippen LogP contribution in [0.1, 0.15) is 0 Å². The Morgan fingerprint density at radius 2 is 0.500 bits per heavy atom. The van der Waals surface area contributed by atoms with E-state index in [0.717, 1.165) is 0 Å². The van der Waals surface area contributed by atoms with Crippen molar-refractivity contribution in [3.63, 3.8) is 0 Å². The van der Waals surface area contributed by atoms with E-state index in [0.29, 0.717) is 0 Å². The fraction of sp³-hybridized carbons (Fsp3) is 0. The molecule has 0 spiro atoms. The summed E-state index contributed by atoms with van der Waals surface area (Å²) in [5.41, 5.74) is 0. The summed E-state index contributed by atoms with van der Waals surface area (Å²) in [7, 11) is 0. The summed E-state index contributed by atoms with van der Waals surface area (Å²) >= 11 is 0. The van der Waals surface area contributed by atoms with Gasteiger partial charge in [0.2, 0.25) is 0 Å². The summed E-state index contributed by atoms with van der Waals surface area (Å²) < 4.78 is 0. The van der Waals surface area contributed by atoms with Crippen molar-refractivity contribution in [2.24, 2.45) is 0 Å². The Balaban J connectivity index is 0. The minimum absolute atomic E-state index is 0. The van der Waals surface area contributed by atoms with Crippen molar-refractivity contribution in [1.29, 1.82) is 0 Å². The van der Waals surface area contributed by atoms with Crippen LogP contribution in [0.25, 0.3) is 0 Å². The molecule has 0 heterocycles. The fourth-order valence-corrected chi connectivity index (χ4v) is 0. The first kappa shape index (κ1) is 49.3. The second-order valence-corrected chi connectivity index (χ2v) is 0. The van der Waals surface area contributed by atoms with E-state index in [9.17, 15) is 0 Å². The summed E-state index contributed by atoms with van der Waals surface area (Å²) in [6.45, 7) is 0. The van der Waals surface area contributed by atoms with Gasteiger partial charge in [-0.15, -0.1) is 0 Å². The Labute approximate surface area is 57.0 Å². The summed E-state index contributed by atoms with van der Waals surface area (Å²) in [5.74, 6) is 0. The molecule has 0 unspecified atom stereocenters. The molecule has 0 nitrogen and oxygen atoms in total. The van der Waals surface area contributed by atoms with Crippen molar-refractivity contribution in [2.75, 3.05) is 0 Å². The van der Waals surface area contributed by atoms with Gasteiger partial charge in [0.25, 0.3) is 0 Å². The van der Waals surface area contributed by atoms with Crippen LogP contribution < -0.4 is 37.2 Å². The average molecular weight is 297 g/mol. The molecule has 4 heavy (non-hydrogen) atoms. The summed E-state index contributed by atoms with van der Waals surface area (Å²) in [5, 5.41) is 0. The molecule has 4 heteroatoms. The first-order valence-electron chi connectivity index (χ1n) is 0. The first-order chi connectivity index (χ1) is 0. The normalized spacial score (nSPS) is 0. The molecule has 0 saturated carbocycles. The maximum atomic E-state index is 0. The van der Waals surface area contributed by atoms with Crippen molar-refractivity contribution >= 4 is 0 Å². The maximum absolute atomic E-state index is 0. The smallest absolute Gasteiger partial charge is 1.00 e. The van der Waals surface area contributed by atoms with E-state index in [1.54, 1.807) is 0 Å². The monoisotopic (exact) mass is 297 g/mol. The fourth-order valence-electron chi connectivity index (χ4n) is 0. The van der Waals surface area contributed by atoms with E-state index >= 15 is 0 Å². The first-order valence-corrected chi connectivity index (χ1v) is 0. The van der Waals surface area contributed by atoms with Gasteiger partial charge in [0, 0.05) is 0 Å².